The molecule has 0 saturated heterocycles. The standard InChI is InChI=1S/C14H12N6/c1-10-4-14-6-11(8-16-20(14)17-10)5-12-7-13-2-3-15-9-19(13)18-12/h2-4,6-9H,5H2,1H3. The van der Waals surface area contributed by atoms with Gasteiger partial charge < -0.3 is 0 Å². The van der Waals surface area contributed by atoms with Crippen LogP contribution in [-0.4, -0.2) is 29.4 Å². The molecule has 0 atom stereocenters. The van der Waals surface area contributed by atoms with E-state index < -0.39 is 0 Å². The average Bonchev–Trinajstić information content (AvgIpc) is 2.99. The molecule has 0 aliphatic rings. The molecule has 4 aromatic rings. The van der Waals surface area contributed by atoms with E-state index in [1.165, 1.54) is 0 Å². The molecule has 0 bridgehead atoms. The van der Waals surface area contributed by atoms with Gasteiger partial charge in [-0.3, -0.25) is 0 Å². The Kier molecular flexibility index (Phi) is 2.29. The van der Waals surface area contributed by atoms with Gasteiger partial charge in [0.15, 0.2) is 0 Å². The summed E-state index contributed by atoms with van der Waals surface area (Å²) in [5.41, 5.74) is 5.14. The van der Waals surface area contributed by atoms with E-state index >= 15 is 0 Å². The van der Waals surface area contributed by atoms with Crippen LogP contribution in [0.15, 0.2) is 43.0 Å². The van der Waals surface area contributed by atoms with E-state index in [0.29, 0.717) is 0 Å². The lowest BCUT2D eigenvalue weighted by Gasteiger charge is -1.98. The van der Waals surface area contributed by atoms with Crippen LogP contribution in [0.3, 0.4) is 0 Å². The van der Waals surface area contributed by atoms with E-state index in [9.17, 15) is 0 Å². The minimum absolute atomic E-state index is 0.745. The lowest BCUT2D eigenvalue weighted by molar-refractivity contribution is 0.779. The summed E-state index contributed by atoms with van der Waals surface area (Å²) in [7, 11) is 0. The van der Waals surface area contributed by atoms with Crippen LogP contribution in [0.4, 0.5) is 0 Å². The molecule has 0 fully saturated rings. The molecule has 6 heteroatoms. The van der Waals surface area contributed by atoms with Gasteiger partial charge in [0, 0.05) is 12.6 Å². The minimum Gasteiger partial charge on any atom is -0.245 e. The van der Waals surface area contributed by atoms with Crippen molar-refractivity contribution in [2.75, 3.05) is 0 Å². The second kappa shape index (κ2) is 4.12. The number of hydrogen-bond donors (Lipinski definition) is 0. The molecule has 4 heterocycles. The van der Waals surface area contributed by atoms with Gasteiger partial charge in [0.25, 0.3) is 0 Å². The van der Waals surface area contributed by atoms with Gasteiger partial charge in [0.05, 0.1) is 28.6 Å². The van der Waals surface area contributed by atoms with Crippen LogP contribution in [-0.2, 0) is 6.42 Å². The number of aryl methyl sites for hydroxylation is 1. The highest BCUT2D eigenvalue weighted by Gasteiger charge is 2.05. The van der Waals surface area contributed by atoms with Crippen molar-refractivity contribution < 1.29 is 0 Å². The first-order valence-electron chi connectivity index (χ1n) is 6.38. The zero-order chi connectivity index (χ0) is 13.5. The number of aromatic nitrogens is 6. The SMILES string of the molecule is Cc1cc2cc(Cc3cc4ccncn4n3)cnn2n1. The summed E-state index contributed by atoms with van der Waals surface area (Å²) in [6.45, 7) is 1.96. The summed E-state index contributed by atoms with van der Waals surface area (Å²) < 4.78 is 3.43. The summed E-state index contributed by atoms with van der Waals surface area (Å²) in [6.07, 6.45) is 6.06. The van der Waals surface area contributed by atoms with Gasteiger partial charge in [0.1, 0.15) is 6.33 Å². The predicted octanol–water partition coefficient (Wildman–Crippen LogP) is 1.67. The van der Waals surface area contributed by atoms with Crippen LogP contribution in [0.2, 0.25) is 0 Å². The van der Waals surface area contributed by atoms with Crippen molar-refractivity contribution in [1.82, 2.24) is 29.4 Å². The van der Waals surface area contributed by atoms with E-state index in [1.54, 1.807) is 21.7 Å². The third-order valence-corrected chi connectivity index (χ3v) is 3.21. The molecule has 0 aliphatic heterocycles. The van der Waals surface area contributed by atoms with Gasteiger partial charge >= 0.3 is 0 Å². The number of rotatable bonds is 2. The maximum atomic E-state index is 4.50. The summed E-state index contributed by atoms with van der Waals surface area (Å²) >= 11 is 0. The fourth-order valence-corrected chi connectivity index (χ4v) is 2.35. The van der Waals surface area contributed by atoms with Crippen molar-refractivity contribution >= 4 is 11.0 Å². The fourth-order valence-electron chi connectivity index (χ4n) is 2.35. The second-order valence-corrected chi connectivity index (χ2v) is 4.83. The van der Waals surface area contributed by atoms with Gasteiger partial charge in [-0.1, -0.05) is 0 Å². The van der Waals surface area contributed by atoms with E-state index in [0.717, 1.165) is 34.4 Å². The third-order valence-electron chi connectivity index (χ3n) is 3.21. The zero-order valence-corrected chi connectivity index (χ0v) is 10.9. The Morgan fingerprint density at radius 1 is 1.10 bits per heavy atom. The molecule has 20 heavy (non-hydrogen) atoms. The van der Waals surface area contributed by atoms with Crippen LogP contribution in [0.25, 0.3) is 11.0 Å². The lowest BCUT2D eigenvalue weighted by atomic mass is 10.1. The van der Waals surface area contributed by atoms with E-state index in [1.807, 2.05) is 25.3 Å². The van der Waals surface area contributed by atoms with Crippen LogP contribution in [0, 0.1) is 6.92 Å². The molecule has 0 aliphatic carbocycles. The highest BCUT2D eigenvalue weighted by Crippen LogP contribution is 2.12. The Hall–Kier alpha value is -2.76. The van der Waals surface area contributed by atoms with E-state index in [2.05, 4.69) is 32.4 Å². The fraction of sp³-hybridized carbons (Fsp3) is 0.143. The Balaban J connectivity index is 1.72. The Morgan fingerprint density at radius 3 is 2.95 bits per heavy atom. The van der Waals surface area contributed by atoms with Gasteiger partial charge in [-0.15, -0.1) is 0 Å². The summed E-state index contributed by atoms with van der Waals surface area (Å²) in [5, 5.41) is 13.1. The number of hydrogen-bond acceptors (Lipinski definition) is 4. The highest BCUT2D eigenvalue weighted by molar-refractivity contribution is 5.50. The first-order valence-corrected chi connectivity index (χ1v) is 6.38. The zero-order valence-electron chi connectivity index (χ0n) is 10.9. The van der Waals surface area contributed by atoms with Crippen molar-refractivity contribution in [2.24, 2.45) is 0 Å². The monoisotopic (exact) mass is 264 g/mol. The number of fused-ring (bicyclic) bond motifs is 2. The van der Waals surface area contributed by atoms with Crippen LogP contribution < -0.4 is 0 Å². The summed E-state index contributed by atoms with van der Waals surface area (Å²) in [5.74, 6) is 0. The van der Waals surface area contributed by atoms with Gasteiger partial charge in [0.2, 0.25) is 0 Å². The first-order chi connectivity index (χ1) is 9.78. The Bertz CT molecular complexity index is 871. The van der Waals surface area contributed by atoms with Gasteiger partial charge in [-0.05, 0) is 36.8 Å². The maximum absolute atomic E-state index is 4.50. The highest BCUT2D eigenvalue weighted by atomic mass is 15.4. The van der Waals surface area contributed by atoms with Crippen LogP contribution >= 0.6 is 0 Å². The molecule has 0 aromatic carbocycles. The quantitative estimate of drug-likeness (QED) is 0.552. The molecule has 0 saturated carbocycles. The van der Waals surface area contributed by atoms with E-state index in [4.69, 9.17) is 0 Å². The maximum Gasteiger partial charge on any atom is 0.117 e. The molecule has 0 spiro atoms. The van der Waals surface area contributed by atoms with Crippen LogP contribution in [0.1, 0.15) is 17.0 Å². The molecule has 4 rings (SSSR count). The topological polar surface area (TPSA) is 60.4 Å². The molecule has 4 aromatic heterocycles. The summed E-state index contributed by atoms with van der Waals surface area (Å²) in [4.78, 5) is 4.05. The lowest BCUT2D eigenvalue weighted by Crippen LogP contribution is -1.97. The van der Waals surface area contributed by atoms with Crippen molar-refractivity contribution in [3.05, 3.63) is 59.9 Å². The van der Waals surface area contributed by atoms with Crippen molar-refractivity contribution in [3.63, 3.8) is 0 Å². The first kappa shape index (κ1) is 11.1. The molecule has 0 radical (unpaired) electrons. The van der Waals surface area contributed by atoms with E-state index in [-0.39, 0.29) is 0 Å². The largest absolute Gasteiger partial charge is 0.245 e. The molecule has 0 amide bonds. The summed E-state index contributed by atoms with van der Waals surface area (Å²) in [6, 6.07) is 8.12. The predicted molar refractivity (Wildman–Crippen MR) is 73.5 cm³/mol. The average molecular weight is 264 g/mol. The smallest absolute Gasteiger partial charge is 0.117 e. The molecule has 6 nitrogen and oxygen atoms in total. The van der Waals surface area contributed by atoms with Gasteiger partial charge in [-0.2, -0.15) is 19.9 Å². The molecule has 0 unspecified atom stereocenters. The minimum atomic E-state index is 0.745. The molecule has 98 valence electrons. The normalized spacial score (nSPS) is 11.4. The molecule has 0 N–H and O–H groups in total. The van der Waals surface area contributed by atoms with Crippen molar-refractivity contribution in [3.8, 4) is 0 Å². The van der Waals surface area contributed by atoms with Crippen LogP contribution in [0.5, 0.6) is 0 Å². The Morgan fingerprint density at radius 2 is 2.05 bits per heavy atom. The molecular formula is C14H12N6. The van der Waals surface area contributed by atoms with Gasteiger partial charge in [-0.25, -0.2) is 9.50 Å². The van der Waals surface area contributed by atoms with Crippen molar-refractivity contribution in [1.29, 1.82) is 0 Å². The number of nitrogens with zero attached hydrogens (tertiary/aromatic N) is 6. The second-order valence-electron chi connectivity index (χ2n) is 4.83. The van der Waals surface area contributed by atoms with Crippen molar-refractivity contribution in [2.45, 2.75) is 13.3 Å². The third kappa shape index (κ3) is 1.82. The molecular weight excluding hydrogens is 252 g/mol. The Labute approximate surface area is 114 Å².